The number of oxime groups is 1. The van der Waals surface area contributed by atoms with Gasteiger partial charge in [0.2, 0.25) is 0 Å². The van der Waals surface area contributed by atoms with Crippen molar-refractivity contribution in [1.82, 2.24) is 9.97 Å². The highest BCUT2D eigenvalue weighted by Gasteiger charge is 2.11. The maximum absolute atomic E-state index is 8.76. The highest BCUT2D eigenvalue weighted by molar-refractivity contribution is 7.99. The molecule has 6 heteroatoms. The Morgan fingerprint density at radius 2 is 2.17 bits per heavy atom. The first-order valence-corrected chi connectivity index (χ1v) is 6.07. The van der Waals surface area contributed by atoms with Crippen LogP contribution in [0.25, 0.3) is 0 Å². The average Bonchev–Trinajstić information content (AvgIpc) is 2.39. The molecule has 0 unspecified atom stereocenters. The zero-order valence-electron chi connectivity index (χ0n) is 9.74. The molecule has 2 aromatic heterocycles. The number of aromatic nitrogens is 2. The molecule has 2 heterocycles. The van der Waals surface area contributed by atoms with Crippen molar-refractivity contribution < 1.29 is 5.21 Å². The fourth-order valence-corrected chi connectivity index (χ4v) is 2.30. The van der Waals surface area contributed by atoms with E-state index in [1.165, 1.54) is 11.8 Å². The van der Waals surface area contributed by atoms with Crippen LogP contribution in [-0.4, -0.2) is 21.0 Å². The van der Waals surface area contributed by atoms with E-state index in [0.717, 1.165) is 10.7 Å². The third-order valence-electron chi connectivity index (χ3n) is 2.22. The van der Waals surface area contributed by atoms with Crippen LogP contribution in [-0.2, 0) is 0 Å². The van der Waals surface area contributed by atoms with Gasteiger partial charge in [0.25, 0.3) is 0 Å². The number of hydrogen-bond acceptors (Lipinski definition) is 5. The van der Waals surface area contributed by atoms with Crippen molar-refractivity contribution in [2.75, 3.05) is 0 Å². The van der Waals surface area contributed by atoms with Gasteiger partial charge in [0, 0.05) is 11.9 Å². The Labute approximate surface area is 109 Å². The largest absolute Gasteiger partial charge is 0.409 e. The molecule has 0 amide bonds. The van der Waals surface area contributed by atoms with Gasteiger partial charge in [-0.2, -0.15) is 0 Å². The van der Waals surface area contributed by atoms with Crippen LogP contribution in [0.4, 0.5) is 0 Å². The molecular weight excluding hydrogens is 248 g/mol. The van der Waals surface area contributed by atoms with Crippen molar-refractivity contribution in [2.24, 2.45) is 10.9 Å². The summed E-state index contributed by atoms with van der Waals surface area (Å²) in [7, 11) is 0. The van der Waals surface area contributed by atoms with Gasteiger partial charge < -0.3 is 10.9 Å². The Hall–Kier alpha value is -2.08. The fraction of sp³-hybridized carbons (Fsp3) is 0.0833. The van der Waals surface area contributed by atoms with E-state index >= 15 is 0 Å². The van der Waals surface area contributed by atoms with Gasteiger partial charge in [-0.1, -0.05) is 11.2 Å². The molecule has 0 saturated carbocycles. The summed E-state index contributed by atoms with van der Waals surface area (Å²) in [6.07, 6.45) is 1.71. The number of hydrogen-bond donors (Lipinski definition) is 2. The van der Waals surface area contributed by atoms with E-state index in [1.807, 2.05) is 31.2 Å². The van der Waals surface area contributed by atoms with E-state index in [4.69, 9.17) is 10.9 Å². The van der Waals surface area contributed by atoms with E-state index in [9.17, 15) is 0 Å². The van der Waals surface area contributed by atoms with Crippen LogP contribution < -0.4 is 5.73 Å². The zero-order valence-corrected chi connectivity index (χ0v) is 10.6. The lowest BCUT2D eigenvalue weighted by atomic mass is 10.2. The maximum atomic E-state index is 8.76. The number of amidine groups is 1. The summed E-state index contributed by atoms with van der Waals surface area (Å²) in [4.78, 5) is 8.60. The predicted octanol–water partition coefficient (Wildman–Crippen LogP) is 2.03. The molecule has 0 aromatic carbocycles. The van der Waals surface area contributed by atoms with Crippen molar-refractivity contribution in [3.63, 3.8) is 0 Å². The second kappa shape index (κ2) is 5.50. The molecule has 2 rings (SSSR count). The number of aryl methyl sites for hydroxylation is 1. The Morgan fingerprint density at radius 1 is 1.33 bits per heavy atom. The molecule has 0 bridgehead atoms. The molecule has 0 spiro atoms. The summed E-state index contributed by atoms with van der Waals surface area (Å²) in [6, 6.07) is 9.22. The summed E-state index contributed by atoms with van der Waals surface area (Å²) in [6.45, 7) is 1.89. The number of nitrogens with zero attached hydrogens (tertiary/aromatic N) is 3. The van der Waals surface area contributed by atoms with E-state index in [-0.39, 0.29) is 5.84 Å². The molecule has 18 heavy (non-hydrogen) atoms. The summed E-state index contributed by atoms with van der Waals surface area (Å²) in [5, 5.41) is 13.2. The topological polar surface area (TPSA) is 84.4 Å². The molecule has 5 nitrogen and oxygen atoms in total. The predicted molar refractivity (Wildman–Crippen MR) is 69.8 cm³/mol. The lowest BCUT2D eigenvalue weighted by molar-refractivity contribution is 0.318. The van der Waals surface area contributed by atoms with Gasteiger partial charge in [0.1, 0.15) is 10.1 Å². The van der Waals surface area contributed by atoms with Crippen molar-refractivity contribution in [3.05, 3.63) is 47.8 Å². The standard InChI is InChI=1S/C12H12N4OS/c1-8-5-6-9(11(13)16-17)12(15-8)18-10-4-2-3-7-14-10/h2-7,17H,1H3,(H2,13,16). The number of nitrogens with two attached hydrogens (primary N) is 1. The Kier molecular flexibility index (Phi) is 3.78. The van der Waals surface area contributed by atoms with E-state index in [2.05, 4.69) is 15.1 Å². The van der Waals surface area contributed by atoms with E-state index in [0.29, 0.717) is 10.6 Å². The summed E-state index contributed by atoms with van der Waals surface area (Å²) in [5.74, 6) is 0.0425. The van der Waals surface area contributed by atoms with Crippen LogP contribution >= 0.6 is 11.8 Å². The van der Waals surface area contributed by atoms with Crippen molar-refractivity contribution in [2.45, 2.75) is 17.0 Å². The molecule has 0 atom stereocenters. The Morgan fingerprint density at radius 3 is 2.83 bits per heavy atom. The van der Waals surface area contributed by atoms with Gasteiger partial charge in [0.15, 0.2) is 5.84 Å². The summed E-state index contributed by atoms with van der Waals surface area (Å²) < 4.78 is 0. The zero-order chi connectivity index (χ0) is 13.0. The minimum absolute atomic E-state index is 0.0425. The second-order valence-corrected chi connectivity index (χ2v) is 4.57. The fourth-order valence-electron chi connectivity index (χ4n) is 1.37. The van der Waals surface area contributed by atoms with Gasteiger partial charge >= 0.3 is 0 Å². The highest BCUT2D eigenvalue weighted by Crippen LogP contribution is 2.27. The van der Waals surface area contributed by atoms with Crippen LogP contribution in [0, 0.1) is 6.92 Å². The van der Waals surface area contributed by atoms with Gasteiger partial charge in [-0.15, -0.1) is 0 Å². The van der Waals surface area contributed by atoms with Crippen LogP contribution in [0.15, 0.2) is 51.7 Å². The normalized spacial score (nSPS) is 11.5. The molecular formula is C12H12N4OS. The molecule has 0 saturated heterocycles. The van der Waals surface area contributed by atoms with E-state index in [1.54, 1.807) is 12.3 Å². The first-order valence-electron chi connectivity index (χ1n) is 5.25. The molecule has 0 aliphatic heterocycles. The Balaban J connectivity index is 2.40. The minimum atomic E-state index is 0.0425. The lowest BCUT2D eigenvalue weighted by Gasteiger charge is -2.07. The molecule has 0 fully saturated rings. The van der Waals surface area contributed by atoms with Gasteiger partial charge in [0.05, 0.1) is 5.56 Å². The van der Waals surface area contributed by atoms with Crippen LogP contribution in [0.3, 0.4) is 0 Å². The quantitative estimate of drug-likeness (QED) is 0.382. The van der Waals surface area contributed by atoms with E-state index < -0.39 is 0 Å². The van der Waals surface area contributed by atoms with Gasteiger partial charge in [-0.25, -0.2) is 9.97 Å². The molecule has 92 valence electrons. The molecule has 2 aromatic rings. The minimum Gasteiger partial charge on any atom is -0.409 e. The smallest absolute Gasteiger partial charge is 0.172 e. The average molecular weight is 260 g/mol. The third-order valence-corrected chi connectivity index (χ3v) is 3.18. The van der Waals surface area contributed by atoms with Crippen LogP contribution in [0.2, 0.25) is 0 Å². The van der Waals surface area contributed by atoms with Crippen LogP contribution in [0.5, 0.6) is 0 Å². The van der Waals surface area contributed by atoms with Crippen LogP contribution in [0.1, 0.15) is 11.3 Å². The molecule has 0 aliphatic rings. The molecule has 0 aliphatic carbocycles. The van der Waals surface area contributed by atoms with Crippen molar-refractivity contribution in [1.29, 1.82) is 0 Å². The second-order valence-electron chi connectivity index (χ2n) is 3.56. The molecule has 3 N–H and O–H groups in total. The SMILES string of the molecule is Cc1ccc(C(N)=NO)c(Sc2ccccn2)n1. The van der Waals surface area contributed by atoms with Gasteiger partial charge in [-0.3, -0.25) is 0 Å². The monoisotopic (exact) mass is 260 g/mol. The maximum Gasteiger partial charge on any atom is 0.172 e. The summed E-state index contributed by atoms with van der Waals surface area (Å²) in [5.41, 5.74) is 7.08. The Bertz CT molecular complexity index is 572. The third kappa shape index (κ3) is 2.78. The number of rotatable bonds is 3. The number of pyridine rings is 2. The first kappa shape index (κ1) is 12.4. The highest BCUT2D eigenvalue weighted by atomic mass is 32.2. The summed E-state index contributed by atoms with van der Waals surface area (Å²) >= 11 is 1.38. The molecule has 0 radical (unpaired) electrons. The lowest BCUT2D eigenvalue weighted by Crippen LogP contribution is -2.15. The van der Waals surface area contributed by atoms with Crippen molar-refractivity contribution in [3.8, 4) is 0 Å². The van der Waals surface area contributed by atoms with Crippen molar-refractivity contribution >= 4 is 17.6 Å². The first-order chi connectivity index (χ1) is 8.70. The van der Waals surface area contributed by atoms with Gasteiger partial charge in [-0.05, 0) is 43.0 Å².